The molecule has 1 aliphatic carbocycles. The highest BCUT2D eigenvalue weighted by Crippen LogP contribution is 2.36. The van der Waals surface area contributed by atoms with Gasteiger partial charge >= 0.3 is 12.1 Å². The summed E-state index contributed by atoms with van der Waals surface area (Å²) in [6, 6.07) is 12.2. The summed E-state index contributed by atoms with van der Waals surface area (Å²) in [5.41, 5.74) is 2.27. The van der Waals surface area contributed by atoms with Crippen LogP contribution in [0.5, 0.6) is 0 Å². The molecule has 2 heterocycles. The van der Waals surface area contributed by atoms with E-state index in [0.717, 1.165) is 42.5 Å². The predicted molar refractivity (Wildman–Crippen MR) is 136 cm³/mol. The lowest BCUT2D eigenvalue weighted by Crippen LogP contribution is -2.31. The molecule has 5 rings (SSSR count). The monoisotopic (exact) mass is 526 g/mol. The van der Waals surface area contributed by atoms with Crippen LogP contribution in [0, 0.1) is 18.7 Å². The third kappa shape index (κ3) is 4.94. The van der Waals surface area contributed by atoms with Crippen molar-refractivity contribution in [1.82, 2.24) is 14.5 Å². The molecule has 1 saturated carbocycles. The molecule has 4 aromatic rings. The minimum absolute atomic E-state index is 0.0118. The summed E-state index contributed by atoms with van der Waals surface area (Å²) in [5, 5.41) is 13.0. The van der Waals surface area contributed by atoms with E-state index >= 15 is 0 Å². The minimum Gasteiger partial charge on any atom is -0.475 e. The van der Waals surface area contributed by atoms with E-state index in [9.17, 15) is 27.5 Å². The highest BCUT2D eigenvalue weighted by molar-refractivity contribution is 5.95. The van der Waals surface area contributed by atoms with E-state index in [0.29, 0.717) is 34.0 Å². The van der Waals surface area contributed by atoms with Gasteiger partial charge in [0.25, 0.3) is 0 Å². The predicted octanol–water partition coefficient (Wildman–Crippen LogP) is 6.91. The first-order valence-corrected chi connectivity index (χ1v) is 12.3. The standard InChI is InChI=1S/C28H26F4N4O2/c1-15-5-3-8-19(11-15)23-13-22-24(36(23)14-17-9-10-20(21(29)12-17)28(30,31)32)25(35-26(34-22)27(37)38)33-16(2)18-6-4-7-18/h3,5,8-13,16,18H,4,6-7,14H2,1-2H3,(H,37,38)(H,33,34,35). The summed E-state index contributed by atoms with van der Waals surface area (Å²) in [6.07, 6.45) is -1.57. The van der Waals surface area contributed by atoms with E-state index in [1.807, 2.05) is 38.1 Å². The van der Waals surface area contributed by atoms with Crippen molar-refractivity contribution in [1.29, 1.82) is 0 Å². The zero-order valence-electron chi connectivity index (χ0n) is 20.8. The van der Waals surface area contributed by atoms with Crippen LogP contribution in [0.4, 0.5) is 23.4 Å². The molecular formula is C28H26F4N4O2. The number of hydrogen-bond acceptors (Lipinski definition) is 4. The number of aromatic nitrogens is 3. The van der Waals surface area contributed by atoms with Crippen molar-refractivity contribution in [2.75, 3.05) is 5.32 Å². The molecule has 1 atom stereocenters. The molecule has 0 amide bonds. The van der Waals surface area contributed by atoms with E-state index in [1.54, 1.807) is 10.6 Å². The van der Waals surface area contributed by atoms with Crippen LogP contribution in [0.25, 0.3) is 22.3 Å². The maximum absolute atomic E-state index is 14.5. The largest absolute Gasteiger partial charge is 0.475 e. The van der Waals surface area contributed by atoms with Crippen LogP contribution in [0.1, 0.15) is 53.5 Å². The van der Waals surface area contributed by atoms with Crippen molar-refractivity contribution in [3.05, 3.63) is 76.9 Å². The number of alkyl halides is 3. The Bertz CT molecular complexity index is 1530. The lowest BCUT2D eigenvalue weighted by molar-refractivity contribution is -0.140. The van der Waals surface area contributed by atoms with Gasteiger partial charge in [-0.2, -0.15) is 13.2 Å². The minimum atomic E-state index is -4.80. The number of carboxylic acids is 1. The summed E-state index contributed by atoms with van der Waals surface area (Å²) >= 11 is 0. The van der Waals surface area contributed by atoms with Crippen molar-refractivity contribution in [3.8, 4) is 11.3 Å². The Morgan fingerprint density at radius 3 is 2.53 bits per heavy atom. The molecule has 198 valence electrons. The van der Waals surface area contributed by atoms with Gasteiger partial charge < -0.3 is 15.0 Å². The van der Waals surface area contributed by atoms with Gasteiger partial charge in [0.1, 0.15) is 11.3 Å². The number of fused-ring (bicyclic) bond motifs is 1. The molecule has 0 bridgehead atoms. The Balaban J connectivity index is 1.70. The second-order valence-corrected chi connectivity index (χ2v) is 9.86. The summed E-state index contributed by atoms with van der Waals surface area (Å²) in [7, 11) is 0. The van der Waals surface area contributed by atoms with E-state index in [-0.39, 0.29) is 18.4 Å². The molecule has 1 aliphatic rings. The van der Waals surface area contributed by atoms with Gasteiger partial charge in [-0.05, 0) is 68.0 Å². The number of aromatic carboxylic acids is 1. The van der Waals surface area contributed by atoms with Crippen molar-refractivity contribution in [2.24, 2.45) is 5.92 Å². The average Bonchev–Trinajstić information content (AvgIpc) is 3.15. The summed E-state index contributed by atoms with van der Waals surface area (Å²) < 4.78 is 55.7. The number of benzene rings is 2. The van der Waals surface area contributed by atoms with Gasteiger partial charge in [0.05, 0.1) is 16.8 Å². The van der Waals surface area contributed by atoms with Crippen molar-refractivity contribution >= 4 is 22.8 Å². The maximum Gasteiger partial charge on any atom is 0.419 e. The van der Waals surface area contributed by atoms with Crippen LogP contribution < -0.4 is 5.32 Å². The van der Waals surface area contributed by atoms with Crippen molar-refractivity contribution in [2.45, 2.75) is 51.9 Å². The Morgan fingerprint density at radius 2 is 1.92 bits per heavy atom. The fourth-order valence-electron chi connectivity index (χ4n) is 4.91. The number of carboxylic acid groups (broad SMARTS) is 1. The fraction of sp³-hybridized carbons (Fsp3) is 0.321. The molecule has 2 aromatic heterocycles. The molecular weight excluding hydrogens is 500 g/mol. The van der Waals surface area contributed by atoms with Gasteiger partial charge in [0.15, 0.2) is 5.82 Å². The van der Waals surface area contributed by atoms with Crippen molar-refractivity contribution < 1.29 is 27.5 Å². The summed E-state index contributed by atoms with van der Waals surface area (Å²) in [5.74, 6) is -2.27. The molecule has 0 radical (unpaired) electrons. The lowest BCUT2D eigenvalue weighted by Gasteiger charge is -2.32. The van der Waals surface area contributed by atoms with Crippen LogP contribution in [0.15, 0.2) is 48.5 Å². The van der Waals surface area contributed by atoms with Crippen LogP contribution >= 0.6 is 0 Å². The number of nitrogens with zero attached hydrogens (tertiary/aromatic N) is 3. The molecule has 0 spiro atoms. The van der Waals surface area contributed by atoms with Gasteiger partial charge in [0, 0.05) is 12.6 Å². The van der Waals surface area contributed by atoms with E-state index in [1.165, 1.54) is 6.07 Å². The number of aryl methyl sites for hydroxylation is 1. The van der Waals surface area contributed by atoms with Gasteiger partial charge in [0.2, 0.25) is 5.82 Å². The highest BCUT2D eigenvalue weighted by Gasteiger charge is 2.34. The quantitative estimate of drug-likeness (QED) is 0.256. The van der Waals surface area contributed by atoms with Crippen LogP contribution in [0.3, 0.4) is 0 Å². The molecule has 2 aromatic carbocycles. The normalized spacial score (nSPS) is 14.9. The number of nitrogens with one attached hydrogen (secondary N) is 1. The Hall–Kier alpha value is -3.95. The third-order valence-electron chi connectivity index (χ3n) is 7.15. The Labute approximate surface area is 216 Å². The molecule has 0 saturated heterocycles. The fourth-order valence-corrected chi connectivity index (χ4v) is 4.91. The lowest BCUT2D eigenvalue weighted by atomic mass is 9.80. The number of hydrogen-bond donors (Lipinski definition) is 2. The SMILES string of the molecule is Cc1cccc(-c2cc3nc(C(=O)O)nc(NC(C)C4CCC4)c3n2Cc2ccc(C(F)(F)F)c(F)c2)c1. The molecule has 6 nitrogen and oxygen atoms in total. The Morgan fingerprint density at radius 1 is 1.16 bits per heavy atom. The molecule has 1 unspecified atom stereocenters. The maximum atomic E-state index is 14.5. The number of carbonyl (C=O) groups is 1. The van der Waals surface area contributed by atoms with Crippen LogP contribution in [-0.2, 0) is 12.7 Å². The summed E-state index contributed by atoms with van der Waals surface area (Å²) in [4.78, 5) is 20.4. The van der Waals surface area contributed by atoms with Gasteiger partial charge in [-0.25, -0.2) is 19.2 Å². The molecule has 2 N–H and O–H groups in total. The molecule has 0 aliphatic heterocycles. The number of rotatable bonds is 7. The van der Waals surface area contributed by atoms with Crippen molar-refractivity contribution in [3.63, 3.8) is 0 Å². The highest BCUT2D eigenvalue weighted by atomic mass is 19.4. The smallest absolute Gasteiger partial charge is 0.419 e. The van der Waals surface area contributed by atoms with Gasteiger partial charge in [-0.15, -0.1) is 0 Å². The Kier molecular flexibility index (Phi) is 6.58. The zero-order chi connectivity index (χ0) is 27.2. The van der Waals surface area contributed by atoms with Gasteiger partial charge in [-0.3, -0.25) is 0 Å². The molecule has 1 fully saturated rings. The molecule has 10 heteroatoms. The number of anilines is 1. The first-order valence-electron chi connectivity index (χ1n) is 12.3. The second-order valence-electron chi connectivity index (χ2n) is 9.86. The molecule has 38 heavy (non-hydrogen) atoms. The van der Waals surface area contributed by atoms with E-state index in [2.05, 4.69) is 15.3 Å². The van der Waals surface area contributed by atoms with Crippen LogP contribution in [0.2, 0.25) is 0 Å². The number of halogens is 4. The second kappa shape index (κ2) is 9.74. The van der Waals surface area contributed by atoms with Gasteiger partial charge in [-0.1, -0.05) is 36.2 Å². The van der Waals surface area contributed by atoms with E-state index < -0.39 is 23.5 Å². The third-order valence-corrected chi connectivity index (χ3v) is 7.15. The topological polar surface area (TPSA) is 80.0 Å². The summed E-state index contributed by atoms with van der Waals surface area (Å²) in [6.45, 7) is 3.96. The van der Waals surface area contributed by atoms with E-state index in [4.69, 9.17) is 0 Å². The van der Waals surface area contributed by atoms with Crippen LogP contribution in [-0.4, -0.2) is 31.7 Å². The average molecular weight is 527 g/mol. The first kappa shape index (κ1) is 25.7. The first-order chi connectivity index (χ1) is 18.0. The zero-order valence-corrected chi connectivity index (χ0v) is 20.8.